The van der Waals surface area contributed by atoms with Crippen molar-refractivity contribution in [1.82, 2.24) is 9.47 Å². The Labute approximate surface area is 181 Å². The fourth-order valence-electron chi connectivity index (χ4n) is 3.52. The average molecular weight is 413 g/mol. The highest BCUT2D eigenvalue weighted by molar-refractivity contribution is 5.93. The first kappa shape index (κ1) is 23.7. The van der Waals surface area contributed by atoms with Crippen LogP contribution in [0.2, 0.25) is 0 Å². The summed E-state index contributed by atoms with van der Waals surface area (Å²) in [5.74, 6) is -0.247. The van der Waals surface area contributed by atoms with Crippen molar-refractivity contribution >= 4 is 11.9 Å². The van der Waals surface area contributed by atoms with Gasteiger partial charge in [0.05, 0.1) is 12.2 Å². The average Bonchev–Trinajstić information content (AvgIpc) is 3.05. The summed E-state index contributed by atoms with van der Waals surface area (Å²) in [6.07, 6.45) is 4.11. The number of hydrogen-bond acceptors (Lipinski definition) is 3. The lowest BCUT2D eigenvalue weighted by atomic mass is 10.1. The molecule has 164 valence electrons. The van der Waals surface area contributed by atoms with E-state index in [1.54, 1.807) is 6.92 Å². The second-order valence-electron chi connectivity index (χ2n) is 7.79. The molecule has 0 saturated carbocycles. The molecule has 0 atom stereocenters. The number of aryl methyl sites for hydroxylation is 1. The molecule has 0 unspecified atom stereocenters. The van der Waals surface area contributed by atoms with E-state index in [1.807, 2.05) is 53.6 Å². The van der Waals surface area contributed by atoms with Crippen LogP contribution in [0.15, 0.2) is 30.3 Å². The van der Waals surface area contributed by atoms with Crippen LogP contribution in [-0.2, 0) is 16.1 Å². The van der Waals surface area contributed by atoms with Crippen LogP contribution in [0.25, 0.3) is 11.3 Å². The standard InChI is InChI=1S/C25H36N2O3/c1-6-9-15-26(16-10-7-2)24(28)18-27-20(5)22(25(29)30-8-3)17-23(27)21-13-11-19(4)12-14-21/h11-14,17H,6-10,15-16,18H2,1-5H3. The second-order valence-corrected chi connectivity index (χ2v) is 7.79. The second kappa shape index (κ2) is 11.6. The zero-order chi connectivity index (χ0) is 22.1. The fraction of sp³-hybridized carbons (Fsp3) is 0.520. The van der Waals surface area contributed by atoms with Crippen LogP contribution in [0.1, 0.15) is 68.1 Å². The molecule has 0 spiro atoms. The molecular formula is C25H36N2O3. The van der Waals surface area contributed by atoms with Gasteiger partial charge < -0.3 is 14.2 Å². The van der Waals surface area contributed by atoms with E-state index in [-0.39, 0.29) is 18.4 Å². The predicted molar refractivity (Wildman–Crippen MR) is 122 cm³/mol. The van der Waals surface area contributed by atoms with Crippen LogP contribution in [0, 0.1) is 13.8 Å². The number of ether oxygens (including phenoxy) is 1. The summed E-state index contributed by atoms with van der Waals surface area (Å²) in [6.45, 7) is 12.1. The van der Waals surface area contributed by atoms with Crippen molar-refractivity contribution in [2.24, 2.45) is 0 Å². The molecule has 0 aliphatic heterocycles. The summed E-state index contributed by atoms with van der Waals surface area (Å²) in [6, 6.07) is 10.0. The number of rotatable bonds is 11. The lowest BCUT2D eigenvalue weighted by Crippen LogP contribution is -2.35. The molecule has 1 aromatic carbocycles. The van der Waals surface area contributed by atoms with Crippen LogP contribution in [0.5, 0.6) is 0 Å². The Morgan fingerprint density at radius 1 is 0.967 bits per heavy atom. The Morgan fingerprint density at radius 3 is 2.10 bits per heavy atom. The van der Waals surface area contributed by atoms with Crippen LogP contribution >= 0.6 is 0 Å². The van der Waals surface area contributed by atoms with Crippen LogP contribution < -0.4 is 0 Å². The zero-order valence-electron chi connectivity index (χ0n) is 19.2. The van der Waals surface area contributed by atoms with Gasteiger partial charge in [0.1, 0.15) is 6.54 Å². The van der Waals surface area contributed by atoms with Gasteiger partial charge in [0.2, 0.25) is 5.91 Å². The van der Waals surface area contributed by atoms with Gasteiger partial charge >= 0.3 is 5.97 Å². The van der Waals surface area contributed by atoms with Crippen molar-refractivity contribution < 1.29 is 14.3 Å². The Bertz CT molecular complexity index is 829. The largest absolute Gasteiger partial charge is 0.462 e. The fourth-order valence-corrected chi connectivity index (χ4v) is 3.52. The van der Waals surface area contributed by atoms with Gasteiger partial charge in [-0.15, -0.1) is 0 Å². The van der Waals surface area contributed by atoms with E-state index in [0.29, 0.717) is 12.2 Å². The van der Waals surface area contributed by atoms with Gasteiger partial charge in [-0.2, -0.15) is 0 Å². The molecule has 1 aromatic heterocycles. The molecule has 0 radical (unpaired) electrons. The third-order valence-electron chi connectivity index (χ3n) is 5.42. The number of unbranched alkanes of at least 4 members (excludes halogenated alkanes) is 2. The van der Waals surface area contributed by atoms with E-state index in [2.05, 4.69) is 13.8 Å². The van der Waals surface area contributed by atoms with Crippen molar-refractivity contribution in [2.75, 3.05) is 19.7 Å². The molecular weight excluding hydrogens is 376 g/mol. The van der Waals surface area contributed by atoms with E-state index in [9.17, 15) is 9.59 Å². The normalized spacial score (nSPS) is 10.8. The van der Waals surface area contributed by atoms with E-state index in [4.69, 9.17) is 4.74 Å². The molecule has 1 heterocycles. The number of nitrogens with zero attached hydrogens (tertiary/aromatic N) is 2. The highest BCUT2D eigenvalue weighted by Crippen LogP contribution is 2.27. The Morgan fingerprint density at radius 2 is 1.57 bits per heavy atom. The highest BCUT2D eigenvalue weighted by atomic mass is 16.5. The lowest BCUT2D eigenvalue weighted by Gasteiger charge is -2.24. The summed E-state index contributed by atoms with van der Waals surface area (Å²) < 4.78 is 7.21. The molecule has 0 aliphatic carbocycles. The van der Waals surface area contributed by atoms with E-state index in [0.717, 1.165) is 55.7 Å². The molecule has 0 bridgehead atoms. The monoisotopic (exact) mass is 412 g/mol. The first-order valence-electron chi connectivity index (χ1n) is 11.1. The number of hydrogen-bond donors (Lipinski definition) is 0. The minimum absolute atomic E-state index is 0.0966. The van der Waals surface area contributed by atoms with E-state index < -0.39 is 0 Å². The van der Waals surface area contributed by atoms with Crippen molar-refractivity contribution in [3.63, 3.8) is 0 Å². The predicted octanol–water partition coefficient (Wildman–Crippen LogP) is 5.38. The van der Waals surface area contributed by atoms with Gasteiger partial charge in [-0.25, -0.2) is 4.79 Å². The van der Waals surface area contributed by atoms with Gasteiger partial charge in [-0.1, -0.05) is 56.5 Å². The molecule has 0 aliphatic rings. The molecule has 1 amide bonds. The molecule has 2 rings (SSSR count). The summed E-state index contributed by atoms with van der Waals surface area (Å²) in [5, 5.41) is 0. The third kappa shape index (κ3) is 5.97. The van der Waals surface area contributed by atoms with Gasteiger partial charge in [-0.05, 0) is 45.2 Å². The minimum atomic E-state index is -0.344. The van der Waals surface area contributed by atoms with Crippen molar-refractivity contribution in [3.05, 3.63) is 47.2 Å². The molecule has 0 fully saturated rings. The molecule has 30 heavy (non-hydrogen) atoms. The number of aromatic nitrogens is 1. The van der Waals surface area contributed by atoms with Gasteiger partial charge in [0, 0.05) is 24.5 Å². The van der Waals surface area contributed by atoms with Gasteiger partial charge in [0.25, 0.3) is 0 Å². The molecule has 2 aromatic rings. The summed E-state index contributed by atoms with van der Waals surface area (Å²) in [4.78, 5) is 27.7. The molecule has 5 nitrogen and oxygen atoms in total. The number of esters is 1. The number of carbonyl (C=O) groups is 2. The summed E-state index contributed by atoms with van der Waals surface area (Å²) in [7, 11) is 0. The van der Waals surface area contributed by atoms with Crippen molar-refractivity contribution in [1.29, 1.82) is 0 Å². The first-order valence-corrected chi connectivity index (χ1v) is 11.1. The molecule has 5 heteroatoms. The lowest BCUT2D eigenvalue weighted by molar-refractivity contribution is -0.132. The zero-order valence-corrected chi connectivity index (χ0v) is 19.2. The molecule has 0 saturated heterocycles. The quantitative estimate of drug-likeness (QED) is 0.466. The minimum Gasteiger partial charge on any atom is -0.462 e. The number of amides is 1. The van der Waals surface area contributed by atoms with Crippen molar-refractivity contribution in [3.8, 4) is 11.3 Å². The van der Waals surface area contributed by atoms with Crippen molar-refractivity contribution in [2.45, 2.75) is 66.8 Å². The first-order chi connectivity index (χ1) is 14.4. The SMILES string of the molecule is CCCCN(CCCC)C(=O)Cn1c(-c2ccc(C)cc2)cc(C(=O)OCC)c1C. The van der Waals surface area contributed by atoms with Crippen LogP contribution in [0.4, 0.5) is 0 Å². The van der Waals surface area contributed by atoms with E-state index >= 15 is 0 Å². The summed E-state index contributed by atoms with van der Waals surface area (Å²) in [5.41, 5.74) is 4.31. The highest BCUT2D eigenvalue weighted by Gasteiger charge is 2.22. The Balaban J connectivity index is 2.41. The number of carbonyl (C=O) groups excluding carboxylic acids is 2. The van der Waals surface area contributed by atoms with Crippen LogP contribution in [0.3, 0.4) is 0 Å². The summed E-state index contributed by atoms with van der Waals surface area (Å²) >= 11 is 0. The smallest absolute Gasteiger partial charge is 0.339 e. The van der Waals surface area contributed by atoms with Crippen LogP contribution in [-0.4, -0.2) is 41.0 Å². The Hall–Kier alpha value is -2.56. The Kier molecular flexibility index (Phi) is 9.15. The van der Waals surface area contributed by atoms with Gasteiger partial charge in [-0.3, -0.25) is 4.79 Å². The molecule has 0 N–H and O–H groups in total. The maximum atomic E-state index is 13.2. The van der Waals surface area contributed by atoms with Gasteiger partial charge in [0.15, 0.2) is 0 Å². The maximum Gasteiger partial charge on any atom is 0.339 e. The number of benzene rings is 1. The third-order valence-corrected chi connectivity index (χ3v) is 5.42. The maximum absolute atomic E-state index is 13.2. The topological polar surface area (TPSA) is 51.5 Å². The van der Waals surface area contributed by atoms with E-state index in [1.165, 1.54) is 5.56 Å².